The van der Waals surface area contributed by atoms with Crippen molar-refractivity contribution in [1.82, 2.24) is 0 Å². The molecule has 0 bridgehead atoms. The monoisotopic (exact) mass is 462 g/mol. The van der Waals surface area contributed by atoms with Gasteiger partial charge in [0.15, 0.2) is 0 Å². The van der Waals surface area contributed by atoms with Gasteiger partial charge in [-0.1, -0.05) is 178 Å². The van der Waals surface area contributed by atoms with Crippen LogP contribution in [0.15, 0.2) is 54.6 Å². The Labute approximate surface area is 213 Å². The Balaban J connectivity index is 1.55. The predicted octanol–water partition coefficient (Wildman–Crippen LogP) is 11.9. The molecular weight excluding hydrogens is 408 g/mol. The van der Waals surface area contributed by atoms with Crippen molar-refractivity contribution in [1.29, 1.82) is 0 Å². The average Bonchev–Trinajstić information content (AvgIpc) is 2.89. The highest BCUT2D eigenvalue weighted by Gasteiger charge is 2.11. The van der Waals surface area contributed by atoms with Crippen molar-refractivity contribution in [3.05, 3.63) is 60.2 Å². The quantitative estimate of drug-likeness (QED) is 0.162. The first-order chi connectivity index (χ1) is 16.8. The first-order valence-corrected chi connectivity index (χ1v) is 15.0. The third kappa shape index (κ3) is 12.8. The maximum absolute atomic E-state index is 2.40. The van der Waals surface area contributed by atoms with E-state index in [2.05, 4.69) is 68.4 Å². The van der Waals surface area contributed by atoms with Gasteiger partial charge in [0.1, 0.15) is 0 Å². The molecule has 0 spiro atoms. The molecule has 0 heteroatoms. The molecule has 0 nitrogen and oxygen atoms in total. The minimum Gasteiger partial charge on any atom is -0.0654 e. The second-order valence-electron chi connectivity index (χ2n) is 10.6. The topological polar surface area (TPSA) is 0 Å². The fraction of sp³-hybridized carbons (Fsp3) is 0.647. The molecule has 0 aliphatic heterocycles. The highest BCUT2D eigenvalue weighted by Crippen LogP contribution is 2.30. The second kappa shape index (κ2) is 19.7. The number of hydrogen-bond donors (Lipinski definition) is 0. The van der Waals surface area contributed by atoms with Crippen LogP contribution in [0.2, 0.25) is 0 Å². The lowest BCUT2D eigenvalue weighted by Gasteiger charge is -2.18. The largest absolute Gasteiger partial charge is 0.0654 e. The first-order valence-electron chi connectivity index (χ1n) is 15.0. The zero-order valence-electron chi connectivity index (χ0n) is 22.7. The van der Waals surface area contributed by atoms with Crippen molar-refractivity contribution < 1.29 is 0 Å². The molecule has 0 saturated carbocycles. The second-order valence-corrected chi connectivity index (χ2v) is 10.6. The van der Waals surface area contributed by atoms with Gasteiger partial charge in [0.2, 0.25) is 0 Å². The smallest absolute Gasteiger partial charge is 0.0162 e. The van der Waals surface area contributed by atoms with Gasteiger partial charge in [-0.3, -0.25) is 0 Å². The Kier molecular flexibility index (Phi) is 16.6. The molecule has 0 fully saturated rings. The van der Waals surface area contributed by atoms with Crippen LogP contribution in [0.5, 0.6) is 0 Å². The summed E-state index contributed by atoms with van der Waals surface area (Å²) in [6, 6.07) is 20.2. The zero-order valence-corrected chi connectivity index (χ0v) is 22.7. The van der Waals surface area contributed by atoms with E-state index in [9.17, 15) is 0 Å². The normalized spacial score (nSPS) is 12.2. The summed E-state index contributed by atoms with van der Waals surface area (Å²) in [7, 11) is 0. The van der Waals surface area contributed by atoms with Crippen LogP contribution >= 0.6 is 0 Å². The SMILES string of the molecule is CCCCCCCCCCCCCCCCCC(CCCC)c1ccc(-c2ccccc2)cc1. The van der Waals surface area contributed by atoms with E-state index in [1.807, 2.05) is 0 Å². The van der Waals surface area contributed by atoms with Gasteiger partial charge < -0.3 is 0 Å². The molecule has 0 aliphatic carbocycles. The minimum atomic E-state index is 0.742. The van der Waals surface area contributed by atoms with Crippen LogP contribution in [0, 0.1) is 0 Å². The zero-order chi connectivity index (χ0) is 24.1. The van der Waals surface area contributed by atoms with E-state index in [0.29, 0.717) is 0 Å². The van der Waals surface area contributed by atoms with Gasteiger partial charge >= 0.3 is 0 Å². The Bertz CT molecular complexity index is 684. The standard InChI is InChI=1S/C34H54/c1-3-5-7-8-9-10-11-12-13-14-15-16-17-18-20-24-31(23-6-4-2)33-27-29-34(30-28-33)32-25-21-19-22-26-32/h19,21-22,25-31H,3-18,20,23-24H2,1-2H3. The highest BCUT2D eigenvalue weighted by molar-refractivity contribution is 5.63. The highest BCUT2D eigenvalue weighted by atomic mass is 14.2. The molecule has 0 heterocycles. The number of hydrogen-bond acceptors (Lipinski definition) is 0. The van der Waals surface area contributed by atoms with Gasteiger partial charge in [0.05, 0.1) is 0 Å². The van der Waals surface area contributed by atoms with E-state index in [-0.39, 0.29) is 0 Å². The van der Waals surface area contributed by atoms with Gasteiger partial charge in [-0.05, 0) is 35.4 Å². The molecule has 0 aliphatic rings. The van der Waals surface area contributed by atoms with E-state index < -0.39 is 0 Å². The Morgan fingerprint density at radius 2 is 0.824 bits per heavy atom. The molecule has 2 rings (SSSR count). The van der Waals surface area contributed by atoms with Crippen molar-refractivity contribution in [2.75, 3.05) is 0 Å². The third-order valence-corrected chi connectivity index (χ3v) is 7.55. The molecule has 2 aromatic rings. The molecule has 0 saturated heterocycles. The number of rotatable bonds is 21. The summed E-state index contributed by atoms with van der Waals surface area (Å²) in [5, 5.41) is 0. The van der Waals surface area contributed by atoms with E-state index in [4.69, 9.17) is 0 Å². The van der Waals surface area contributed by atoms with E-state index in [0.717, 1.165) is 5.92 Å². The molecule has 0 N–H and O–H groups in total. The predicted molar refractivity (Wildman–Crippen MR) is 154 cm³/mol. The molecule has 34 heavy (non-hydrogen) atoms. The van der Waals surface area contributed by atoms with Crippen LogP contribution in [-0.2, 0) is 0 Å². The third-order valence-electron chi connectivity index (χ3n) is 7.55. The van der Waals surface area contributed by atoms with Crippen LogP contribution in [-0.4, -0.2) is 0 Å². The summed E-state index contributed by atoms with van der Waals surface area (Å²) in [6.45, 7) is 4.62. The average molecular weight is 463 g/mol. The van der Waals surface area contributed by atoms with Crippen LogP contribution < -0.4 is 0 Å². The van der Waals surface area contributed by atoms with E-state index in [1.165, 1.54) is 133 Å². The summed E-state index contributed by atoms with van der Waals surface area (Å²) < 4.78 is 0. The van der Waals surface area contributed by atoms with Gasteiger partial charge in [0.25, 0.3) is 0 Å². The maximum atomic E-state index is 2.40. The minimum absolute atomic E-state index is 0.742. The van der Waals surface area contributed by atoms with E-state index >= 15 is 0 Å². The van der Waals surface area contributed by atoms with Gasteiger partial charge in [-0.15, -0.1) is 0 Å². The molecule has 0 aromatic heterocycles. The summed E-state index contributed by atoms with van der Waals surface area (Å²) in [4.78, 5) is 0. The fourth-order valence-electron chi connectivity index (χ4n) is 5.27. The van der Waals surface area contributed by atoms with Gasteiger partial charge in [0, 0.05) is 0 Å². The molecule has 2 aromatic carbocycles. The van der Waals surface area contributed by atoms with Crippen molar-refractivity contribution in [3.8, 4) is 11.1 Å². The molecule has 1 unspecified atom stereocenters. The lowest BCUT2D eigenvalue weighted by atomic mass is 9.87. The lowest BCUT2D eigenvalue weighted by molar-refractivity contribution is 0.494. The van der Waals surface area contributed by atoms with Crippen LogP contribution in [0.25, 0.3) is 11.1 Å². The van der Waals surface area contributed by atoms with Crippen molar-refractivity contribution >= 4 is 0 Å². The summed E-state index contributed by atoms with van der Waals surface area (Å²) in [5.74, 6) is 0.742. The summed E-state index contributed by atoms with van der Waals surface area (Å²) in [5.41, 5.74) is 4.21. The van der Waals surface area contributed by atoms with Crippen molar-refractivity contribution in [2.24, 2.45) is 0 Å². The molecule has 190 valence electrons. The Morgan fingerprint density at radius 3 is 1.32 bits per heavy atom. The van der Waals surface area contributed by atoms with Gasteiger partial charge in [-0.25, -0.2) is 0 Å². The summed E-state index contributed by atoms with van der Waals surface area (Å²) >= 11 is 0. The van der Waals surface area contributed by atoms with Gasteiger partial charge in [-0.2, -0.15) is 0 Å². The summed E-state index contributed by atoms with van der Waals surface area (Å²) in [6.07, 6.45) is 27.0. The molecular formula is C34H54. The van der Waals surface area contributed by atoms with Crippen LogP contribution in [0.3, 0.4) is 0 Å². The molecule has 0 radical (unpaired) electrons. The molecule has 0 amide bonds. The van der Waals surface area contributed by atoms with Crippen LogP contribution in [0.4, 0.5) is 0 Å². The Morgan fingerprint density at radius 1 is 0.412 bits per heavy atom. The first kappa shape index (κ1) is 28.7. The molecule has 1 atom stereocenters. The number of unbranched alkanes of at least 4 members (excludes halogenated alkanes) is 15. The lowest BCUT2D eigenvalue weighted by Crippen LogP contribution is -1.99. The maximum Gasteiger partial charge on any atom is -0.0162 e. The van der Waals surface area contributed by atoms with E-state index in [1.54, 1.807) is 5.56 Å². The number of benzene rings is 2. The van der Waals surface area contributed by atoms with Crippen LogP contribution in [0.1, 0.15) is 147 Å². The van der Waals surface area contributed by atoms with Crippen molar-refractivity contribution in [3.63, 3.8) is 0 Å². The van der Waals surface area contributed by atoms with Crippen molar-refractivity contribution in [2.45, 2.75) is 142 Å². The fourth-order valence-corrected chi connectivity index (χ4v) is 5.27. The Hall–Kier alpha value is -1.56.